The lowest BCUT2D eigenvalue weighted by molar-refractivity contribution is 0.251. The second-order valence-electron chi connectivity index (χ2n) is 2.46. The molecule has 1 aliphatic rings. The van der Waals surface area contributed by atoms with Gasteiger partial charge in [0.2, 0.25) is 0 Å². The molecule has 0 fully saturated rings. The van der Waals surface area contributed by atoms with Gasteiger partial charge in [-0.2, -0.15) is 0 Å². The number of hydrogen-bond donors (Lipinski definition) is 2. The SMILES string of the molecule is C.O=C1NCc2ccccc2N1. The Hall–Kier alpha value is -1.51. The molecule has 1 heterocycles. The smallest absolute Gasteiger partial charge is 0.319 e. The molecule has 64 valence electrons. The van der Waals surface area contributed by atoms with Crippen molar-refractivity contribution in [3.8, 4) is 0 Å². The zero-order valence-electron chi connectivity index (χ0n) is 5.92. The Morgan fingerprint density at radius 3 is 2.83 bits per heavy atom. The number of anilines is 1. The summed E-state index contributed by atoms with van der Waals surface area (Å²) in [5, 5.41) is 5.40. The van der Waals surface area contributed by atoms with Gasteiger partial charge in [0.15, 0.2) is 0 Å². The molecule has 12 heavy (non-hydrogen) atoms. The topological polar surface area (TPSA) is 41.1 Å². The average molecular weight is 164 g/mol. The lowest BCUT2D eigenvalue weighted by atomic mass is 10.1. The van der Waals surface area contributed by atoms with Crippen LogP contribution in [0.15, 0.2) is 24.3 Å². The number of nitrogens with one attached hydrogen (secondary N) is 2. The van der Waals surface area contributed by atoms with E-state index in [-0.39, 0.29) is 13.5 Å². The van der Waals surface area contributed by atoms with E-state index in [9.17, 15) is 4.79 Å². The molecule has 1 aromatic carbocycles. The van der Waals surface area contributed by atoms with Crippen LogP contribution in [0.25, 0.3) is 0 Å². The van der Waals surface area contributed by atoms with Crippen LogP contribution in [-0.2, 0) is 6.54 Å². The third-order valence-corrected chi connectivity index (χ3v) is 1.70. The van der Waals surface area contributed by atoms with Crippen LogP contribution in [0.5, 0.6) is 0 Å². The van der Waals surface area contributed by atoms with Crippen LogP contribution in [0, 0.1) is 0 Å². The molecule has 1 aliphatic heterocycles. The fraction of sp³-hybridized carbons (Fsp3) is 0.222. The number of urea groups is 1. The molecule has 0 spiro atoms. The molecular formula is C9H12N2O. The quantitative estimate of drug-likeness (QED) is 0.604. The van der Waals surface area contributed by atoms with E-state index in [0.717, 1.165) is 11.3 Å². The summed E-state index contributed by atoms with van der Waals surface area (Å²) in [4.78, 5) is 10.8. The highest BCUT2D eigenvalue weighted by atomic mass is 16.2. The molecule has 2 rings (SSSR count). The van der Waals surface area contributed by atoms with Gasteiger partial charge in [0, 0.05) is 12.2 Å². The van der Waals surface area contributed by atoms with Gasteiger partial charge in [0.1, 0.15) is 0 Å². The molecule has 3 nitrogen and oxygen atoms in total. The van der Waals surface area contributed by atoms with E-state index in [1.54, 1.807) is 0 Å². The van der Waals surface area contributed by atoms with Crippen molar-refractivity contribution in [2.75, 3.05) is 5.32 Å². The van der Waals surface area contributed by atoms with Crippen molar-refractivity contribution in [3.63, 3.8) is 0 Å². The maximum atomic E-state index is 10.8. The van der Waals surface area contributed by atoms with Crippen molar-refractivity contribution >= 4 is 11.7 Å². The lowest BCUT2D eigenvalue weighted by Gasteiger charge is -2.17. The number of rotatable bonds is 0. The summed E-state index contributed by atoms with van der Waals surface area (Å²) >= 11 is 0. The Balaban J connectivity index is 0.000000720. The fourth-order valence-electron chi connectivity index (χ4n) is 1.14. The normalized spacial score (nSPS) is 13.5. The molecule has 3 heteroatoms. The number of carbonyl (C=O) groups excluding carboxylic acids is 1. The minimum Gasteiger partial charge on any atom is -0.334 e. The third kappa shape index (κ3) is 1.39. The maximum absolute atomic E-state index is 10.8. The second kappa shape index (κ2) is 3.26. The van der Waals surface area contributed by atoms with Crippen LogP contribution in [0.4, 0.5) is 10.5 Å². The molecular weight excluding hydrogens is 152 g/mol. The van der Waals surface area contributed by atoms with Crippen LogP contribution in [0.1, 0.15) is 13.0 Å². The van der Waals surface area contributed by atoms with Crippen molar-refractivity contribution in [1.82, 2.24) is 5.32 Å². The first-order chi connectivity index (χ1) is 5.36. The zero-order valence-corrected chi connectivity index (χ0v) is 5.92. The Kier molecular flexibility index (Phi) is 2.33. The van der Waals surface area contributed by atoms with Gasteiger partial charge < -0.3 is 10.6 Å². The molecule has 0 unspecified atom stereocenters. The summed E-state index contributed by atoms with van der Waals surface area (Å²) in [6.45, 7) is 0.627. The van der Waals surface area contributed by atoms with Gasteiger partial charge in [-0.25, -0.2) is 4.79 Å². The van der Waals surface area contributed by atoms with Crippen LogP contribution in [0.2, 0.25) is 0 Å². The average Bonchev–Trinajstić information content (AvgIpc) is 2.04. The highest BCUT2D eigenvalue weighted by molar-refractivity contribution is 5.92. The summed E-state index contributed by atoms with van der Waals surface area (Å²) in [6.07, 6.45) is 0. The van der Waals surface area contributed by atoms with E-state index in [1.807, 2.05) is 24.3 Å². The number of benzene rings is 1. The van der Waals surface area contributed by atoms with Gasteiger partial charge in [0.05, 0.1) is 0 Å². The first-order valence-electron chi connectivity index (χ1n) is 3.49. The lowest BCUT2D eigenvalue weighted by Crippen LogP contribution is -2.33. The largest absolute Gasteiger partial charge is 0.334 e. The molecule has 0 aromatic heterocycles. The second-order valence-corrected chi connectivity index (χ2v) is 2.46. The van der Waals surface area contributed by atoms with Crippen molar-refractivity contribution in [1.29, 1.82) is 0 Å². The first-order valence-corrected chi connectivity index (χ1v) is 3.49. The van der Waals surface area contributed by atoms with Crippen molar-refractivity contribution in [2.24, 2.45) is 0 Å². The molecule has 0 atom stereocenters. The van der Waals surface area contributed by atoms with Crippen LogP contribution in [-0.4, -0.2) is 6.03 Å². The van der Waals surface area contributed by atoms with Gasteiger partial charge in [0.25, 0.3) is 0 Å². The first kappa shape index (κ1) is 8.59. The molecule has 2 amide bonds. The molecule has 0 bridgehead atoms. The Morgan fingerprint density at radius 1 is 1.25 bits per heavy atom. The summed E-state index contributed by atoms with van der Waals surface area (Å²) in [7, 11) is 0. The number of fused-ring (bicyclic) bond motifs is 1. The van der Waals surface area contributed by atoms with Crippen LogP contribution >= 0.6 is 0 Å². The molecule has 2 N–H and O–H groups in total. The summed E-state index contributed by atoms with van der Waals surface area (Å²) in [5.41, 5.74) is 2.04. The van der Waals surface area contributed by atoms with Crippen molar-refractivity contribution in [3.05, 3.63) is 29.8 Å². The van der Waals surface area contributed by atoms with E-state index in [2.05, 4.69) is 10.6 Å². The minimum absolute atomic E-state index is 0. The predicted molar refractivity (Wildman–Crippen MR) is 49.0 cm³/mol. The van der Waals surface area contributed by atoms with E-state index >= 15 is 0 Å². The van der Waals surface area contributed by atoms with Gasteiger partial charge in [-0.05, 0) is 11.6 Å². The molecule has 0 saturated heterocycles. The Labute approximate surface area is 71.8 Å². The van der Waals surface area contributed by atoms with E-state index in [1.165, 1.54) is 0 Å². The minimum atomic E-state index is -0.122. The Bertz CT molecular complexity index is 296. The van der Waals surface area contributed by atoms with Gasteiger partial charge >= 0.3 is 6.03 Å². The standard InChI is InChI=1S/C8H8N2O.CH4/c11-8-9-5-6-3-1-2-4-7(6)10-8;/h1-4H,5H2,(H2,9,10,11);1H4. The Morgan fingerprint density at radius 2 is 2.00 bits per heavy atom. The van der Waals surface area contributed by atoms with Crippen molar-refractivity contribution in [2.45, 2.75) is 14.0 Å². The number of carbonyl (C=O) groups is 1. The number of para-hydroxylation sites is 1. The van der Waals surface area contributed by atoms with E-state index in [4.69, 9.17) is 0 Å². The van der Waals surface area contributed by atoms with E-state index < -0.39 is 0 Å². The number of amides is 2. The summed E-state index contributed by atoms with van der Waals surface area (Å²) in [6, 6.07) is 7.63. The van der Waals surface area contributed by atoms with Crippen molar-refractivity contribution < 1.29 is 4.79 Å². The van der Waals surface area contributed by atoms with E-state index in [0.29, 0.717) is 6.54 Å². The molecule has 1 aromatic rings. The maximum Gasteiger partial charge on any atom is 0.319 e. The summed E-state index contributed by atoms with van der Waals surface area (Å²) in [5.74, 6) is 0. The highest BCUT2D eigenvalue weighted by Gasteiger charge is 2.11. The molecule has 0 aliphatic carbocycles. The summed E-state index contributed by atoms with van der Waals surface area (Å²) < 4.78 is 0. The van der Waals surface area contributed by atoms with Gasteiger partial charge in [-0.3, -0.25) is 0 Å². The van der Waals surface area contributed by atoms with Crippen LogP contribution in [0.3, 0.4) is 0 Å². The molecule has 0 saturated carbocycles. The van der Waals surface area contributed by atoms with Gasteiger partial charge in [-0.15, -0.1) is 0 Å². The monoisotopic (exact) mass is 164 g/mol. The fourth-order valence-corrected chi connectivity index (χ4v) is 1.14. The molecule has 0 radical (unpaired) electrons. The number of hydrogen-bond acceptors (Lipinski definition) is 1. The van der Waals surface area contributed by atoms with Crippen LogP contribution < -0.4 is 10.6 Å². The third-order valence-electron chi connectivity index (χ3n) is 1.70. The van der Waals surface area contributed by atoms with Gasteiger partial charge in [-0.1, -0.05) is 25.6 Å². The zero-order chi connectivity index (χ0) is 7.68. The highest BCUT2D eigenvalue weighted by Crippen LogP contribution is 2.16. The predicted octanol–water partition coefficient (Wildman–Crippen LogP) is 1.96.